The fourth-order valence-corrected chi connectivity index (χ4v) is 3.70. The molecule has 0 spiro atoms. The molecule has 154 valence electrons. The van der Waals surface area contributed by atoms with Crippen LogP contribution in [-0.2, 0) is 0 Å². The number of nitriles is 1. The number of nitrogens with two attached hydrogens (primary N) is 1. The number of carbonyl (C=O) groups is 1. The zero-order valence-corrected chi connectivity index (χ0v) is 17.2. The summed E-state index contributed by atoms with van der Waals surface area (Å²) in [5, 5.41) is 10.2. The van der Waals surface area contributed by atoms with Crippen molar-refractivity contribution in [3.63, 3.8) is 0 Å². The molecule has 3 aromatic carbocycles. The highest BCUT2D eigenvalue weighted by molar-refractivity contribution is 6.30. The number of benzene rings is 3. The van der Waals surface area contributed by atoms with Gasteiger partial charge in [0.1, 0.15) is 28.9 Å². The van der Waals surface area contributed by atoms with Crippen molar-refractivity contribution in [3.8, 4) is 23.3 Å². The minimum Gasteiger partial charge on any atom is -0.496 e. The number of fused-ring (bicyclic) bond motifs is 1. The summed E-state index contributed by atoms with van der Waals surface area (Å²) >= 11 is 5.95. The predicted molar refractivity (Wildman–Crippen MR) is 115 cm³/mol. The molecule has 6 nitrogen and oxygen atoms in total. The number of hydrogen-bond donors (Lipinski definition) is 1. The van der Waals surface area contributed by atoms with Gasteiger partial charge in [-0.1, -0.05) is 41.9 Å². The molecular formula is C24H17ClN2O4. The Morgan fingerprint density at radius 3 is 2.65 bits per heavy atom. The number of para-hydroxylation sites is 1. The first kappa shape index (κ1) is 20.3. The van der Waals surface area contributed by atoms with E-state index < -0.39 is 11.9 Å². The molecule has 3 aromatic rings. The zero-order valence-electron chi connectivity index (χ0n) is 16.5. The fourth-order valence-electron chi connectivity index (χ4n) is 3.51. The van der Waals surface area contributed by atoms with Crippen molar-refractivity contribution in [2.24, 2.45) is 5.73 Å². The summed E-state index contributed by atoms with van der Waals surface area (Å²) in [6, 6.07) is 21.0. The molecule has 0 bridgehead atoms. The number of hydrogen-bond acceptors (Lipinski definition) is 6. The molecule has 0 amide bonds. The molecule has 1 aliphatic rings. The Labute approximate surface area is 184 Å². The Kier molecular flexibility index (Phi) is 5.52. The third kappa shape index (κ3) is 3.91. The van der Waals surface area contributed by atoms with Crippen LogP contribution in [0.15, 0.2) is 78.2 Å². The van der Waals surface area contributed by atoms with Crippen molar-refractivity contribution in [1.82, 2.24) is 0 Å². The van der Waals surface area contributed by atoms with E-state index in [-0.39, 0.29) is 17.2 Å². The van der Waals surface area contributed by atoms with E-state index in [2.05, 4.69) is 6.07 Å². The first-order valence-electron chi connectivity index (χ1n) is 9.34. The maximum absolute atomic E-state index is 12.5. The first-order chi connectivity index (χ1) is 15.0. The quantitative estimate of drug-likeness (QED) is 0.470. The lowest BCUT2D eigenvalue weighted by Crippen LogP contribution is -2.21. The summed E-state index contributed by atoms with van der Waals surface area (Å²) < 4.78 is 16.6. The van der Waals surface area contributed by atoms with E-state index >= 15 is 0 Å². The van der Waals surface area contributed by atoms with Crippen LogP contribution in [0, 0.1) is 11.3 Å². The molecule has 2 N–H and O–H groups in total. The molecule has 1 unspecified atom stereocenters. The number of allylic oxidation sites excluding steroid dienone is 1. The molecule has 0 saturated heterocycles. The number of esters is 1. The van der Waals surface area contributed by atoms with E-state index in [1.54, 1.807) is 43.5 Å². The number of rotatable bonds is 4. The minimum atomic E-state index is -0.555. The highest BCUT2D eigenvalue weighted by Crippen LogP contribution is 2.45. The van der Waals surface area contributed by atoms with Gasteiger partial charge in [0.25, 0.3) is 0 Å². The van der Waals surface area contributed by atoms with Crippen molar-refractivity contribution in [2.75, 3.05) is 7.11 Å². The standard InChI is InChI=1S/C24H17ClN2O4/c1-29-20-8-3-2-7-17(20)22-18-10-9-16(12-21(18)31-23(27)19(22)13-26)30-24(28)14-5-4-6-15(25)11-14/h2-12,22H,27H2,1H3. The molecule has 1 aliphatic heterocycles. The number of ether oxygens (including phenoxy) is 3. The van der Waals surface area contributed by atoms with Crippen molar-refractivity contribution < 1.29 is 19.0 Å². The van der Waals surface area contributed by atoms with E-state index in [4.69, 9.17) is 31.5 Å². The van der Waals surface area contributed by atoms with Gasteiger partial charge in [0.15, 0.2) is 0 Å². The van der Waals surface area contributed by atoms with Crippen LogP contribution >= 0.6 is 11.6 Å². The van der Waals surface area contributed by atoms with Crippen molar-refractivity contribution in [3.05, 3.63) is 99.9 Å². The van der Waals surface area contributed by atoms with Crippen molar-refractivity contribution in [2.45, 2.75) is 5.92 Å². The van der Waals surface area contributed by atoms with Crippen LogP contribution in [0.3, 0.4) is 0 Å². The second kappa shape index (κ2) is 8.42. The summed E-state index contributed by atoms with van der Waals surface area (Å²) in [5.41, 5.74) is 8.14. The maximum Gasteiger partial charge on any atom is 0.343 e. The van der Waals surface area contributed by atoms with Gasteiger partial charge in [0, 0.05) is 22.2 Å². The van der Waals surface area contributed by atoms with Gasteiger partial charge in [-0.2, -0.15) is 5.26 Å². The molecule has 4 rings (SSSR count). The van der Waals surface area contributed by atoms with Gasteiger partial charge in [-0.15, -0.1) is 0 Å². The van der Waals surface area contributed by atoms with Gasteiger partial charge in [0.05, 0.1) is 18.6 Å². The lowest BCUT2D eigenvalue weighted by molar-refractivity contribution is 0.0734. The minimum absolute atomic E-state index is 0.00998. The van der Waals surface area contributed by atoms with E-state index in [0.29, 0.717) is 27.6 Å². The molecule has 0 saturated carbocycles. The number of carbonyl (C=O) groups excluding carboxylic acids is 1. The summed E-state index contributed by atoms with van der Waals surface area (Å²) in [6.07, 6.45) is 0. The van der Waals surface area contributed by atoms with Crippen LogP contribution in [0.1, 0.15) is 27.4 Å². The molecule has 0 radical (unpaired) electrons. The Morgan fingerprint density at radius 1 is 1.10 bits per heavy atom. The van der Waals surface area contributed by atoms with Crippen molar-refractivity contribution >= 4 is 17.6 Å². The third-order valence-corrected chi connectivity index (χ3v) is 5.15. The van der Waals surface area contributed by atoms with Crippen LogP contribution in [0.2, 0.25) is 5.02 Å². The average molecular weight is 433 g/mol. The summed E-state index contributed by atoms with van der Waals surface area (Å²) in [7, 11) is 1.57. The van der Waals surface area contributed by atoms with Crippen LogP contribution in [0.25, 0.3) is 0 Å². The Hall–Kier alpha value is -3.95. The van der Waals surface area contributed by atoms with Crippen LogP contribution < -0.4 is 19.9 Å². The number of methoxy groups -OCH3 is 1. The van der Waals surface area contributed by atoms with Gasteiger partial charge in [-0.3, -0.25) is 0 Å². The zero-order chi connectivity index (χ0) is 22.0. The molecule has 1 heterocycles. The normalized spacial score (nSPS) is 14.8. The Bertz CT molecular complexity index is 1250. The summed E-state index contributed by atoms with van der Waals surface area (Å²) in [5.74, 6) is 0.240. The van der Waals surface area contributed by atoms with Crippen LogP contribution in [-0.4, -0.2) is 13.1 Å². The Balaban J connectivity index is 1.72. The summed E-state index contributed by atoms with van der Waals surface area (Å²) in [4.78, 5) is 12.5. The van der Waals surface area contributed by atoms with Gasteiger partial charge in [-0.25, -0.2) is 4.79 Å². The molecule has 1 atom stereocenters. The van der Waals surface area contributed by atoms with E-state index in [0.717, 1.165) is 5.56 Å². The average Bonchev–Trinajstić information content (AvgIpc) is 2.78. The Morgan fingerprint density at radius 2 is 1.90 bits per heavy atom. The molecule has 0 aromatic heterocycles. The van der Waals surface area contributed by atoms with E-state index in [1.165, 1.54) is 6.07 Å². The SMILES string of the molecule is COc1ccccc1C1C(C#N)=C(N)Oc2cc(OC(=O)c3cccc(Cl)c3)ccc21. The number of nitrogens with zero attached hydrogens (tertiary/aromatic N) is 1. The van der Waals surface area contributed by atoms with E-state index in [9.17, 15) is 10.1 Å². The van der Waals surface area contributed by atoms with Gasteiger partial charge in [0.2, 0.25) is 5.88 Å². The second-order valence-corrected chi connectivity index (χ2v) is 7.20. The smallest absolute Gasteiger partial charge is 0.343 e. The third-order valence-electron chi connectivity index (χ3n) is 4.91. The summed E-state index contributed by atoms with van der Waals surface area (Å²) in [6.45, 7) is 0. The van der Waals surface area contributed by atoms with Crippen LogP contribution in [0.4, 0.5) is 0 Å². The predicted octanol–water partition coefficient (Wildman–Crippen LogP) is 4.79. The second-order valence-electron chi connectivity index (χ2n) is 6.77. The lowest BCUT2D eigenvalue weighted by atomic mass is 9.83. The van der Waals surface area contributed by atoms with Gasteiger partial charge in [-0.05, 0) is 30.3 Å². The monoisotopic (exact) mass is 432 g/mol. The molecule has 7 heteroatoms. The highest BCUT2D eigenvalue weighted by atomic mass is 35.5. The fraction of sp³-hybridized carbons (Fsp3) is 0.0833. The highest BCUT2D eigenvalue weighted by Gasteiger charge is 2.32. The molecule has 0 aliphatic carbocycles. The van der Waals surface area contributed by atoms with Crippen LogP contribution in [0.5, 0.6) is 17.2 Å². The molecule has 31 heavy (non-hydrogen) atoms. The maximum atomic E-state index is 12.5. The molecule has 0 fully saturated rings. The number of halogens is 1. The molecular weight excluding hydrogens is 416 g/mol. The topological polar surface area (TPSA) is 94.6 Å². The van der Waals surface area contributed by atoms with Crippen molar-refractivity contribution in [1.29, 1.82) is 5.26 Å². The van der Waals surface area contributed by atoms with Gasteiger partial charge < -0.3 is 19.9 Å². The largest absolute Gasteiger partial charge is 0.496 e. The first-order valence-corrected chi connectivity index (χ1v) is 9.71. The van der Waals surface area contributed by atoms with E-state index in [1.807, 2.05) is 24.3 Å². The lowest BCUT2D eigenvalue weighted by Gasteiger charge is -2.27. The van der Waals surface area contributed by atoms with Gasteiger partial charge >= 0.3 is 5.97 Å².